The molecule has 1 amide bonds. The van der Waals surface area contributed by atoms with Gasteiger partial charge in [0.25, 0.3) is 0 Å². The molecule has 0 atom stereocenters. The first-order valence-corrected chi connectivity index (χ1v) is 7.35. The predicted molar refractivity (Wildman–Crippen MR) is 73.3 cm³/mol. The highest BCUT2D eigenvalue weighted by Gasteiger charge is 2.13. The molecule has 3 N–H and O–H groups in total. The molecular formula is C12H19N3O3S. The van der Waals surface area contributed by atoms with Gasteiger partial charge in [0, 0.05) is 12.1 Å². The van der Waals surface area contributed by atoms with Gasteiger partial charge in [0.15, 0.2) is 0 Å². The smallest absolute Gasteiger partial charge is 0.248 e. The molecule has 0 aliphatic heterocycles. The molecule has 19 heavy (non-hydrogen) atoms. The van der Waals surface area contributed by atoms with E-state index in [9.17, 15) is 13.2 Å². The summed E-state index contributed by atoms with van der Waals surface area (Å²) in [6.07, 6.45) is 0.728. The summed E-state index contributed by atoms with van der Waals surface area (Å²) in [6, 6.07) is 5.54. The van der Waals surface area contributed by atoms with Crippen molar-refractivity contribution in [3.05, 3.63) is 29.8 Å². The molecule has 0 spiro atoms. The minimum atomic E-state index is -3.52. The van der Waals surface area contributed by atoms with Crippen LogP contribution in [0.4, 0.5) is 0 Å². The van der Waals surface area contributed by atoms with E-state index in [-0.39, 0.29) is 10.5 Å². The van der Waals surface area contributed by atoms with Crippen LogP contribution in [0.5, 0.6) is 0 Å². The van der Waals surface area contributed by atoms with Gasteiger partial charge in [-0.2, -0.15) is 0 Å². The van der Waals surface area contributed by atoms with Crippen molar-refractivity contribution in [2.45, 2.75) is 11.3 Å². The van der Waals surface area contributed by atoms with Crippen LogP contribution >= 0.6 is 0 Å². The third-order valence-electron chi connectivity index (χ3n) is 2.52. The van der Waals surface area contributed by atoms with Gasteiger partial charge < -0.3 is 10.6 Å². The number of hydrogen-bond acceptors (Lipinski definition) is 4. The molecule has 106 valence electrons. The van der Waals surface area contributed by atoms with Crippen LogP contribution in [0.2, 0.25) is 0 Å². The minimum absolute atomic E-state index is 0.127. The van der Waals surface area contributed by atoms with Crippen molar-refractivity contribution in [3.63, 3.8) is 0 Å². The highest BCUT2D eigenvalue weighted by atomic mass is 32.2. The van der Waals surface area contributed by atoms with Crippen LogP contribution in [0.3, 0.4) is 0 Å². The molecule has 1 aromatic rings. The Bertz CT molecular complexity index is 524. The standard InChI is InChI=1S/C12H19N3O3S/c1-15(2)9-3-8-14-19(17,18)11-6-4-10(5-7-11)12(13)16/h4-7,14H,3,8-9H2,1-2H3,(H2,13,16). The van der Waals surface area contributed by atoms with Gasteiger partial charge in [-0.05, 0) is 51.3 Å². The molecule has 1 aromatic carbocycles. The number of hydrogen-bond donors (Lipinski definition) is 2. The molecule has 0 saturated heterocycles. The number of nitrogens with two attached hydrogens (primary N) is 1. The Kier molecular flexibility index (Phi) is 5.46. The van der Waals surface area contributed by atoms with Crippen molar-refractivity contribution in [3.8, 4) is 0 Å². The Morgan fingerprint density at radius 2 is 1.84 bits per heavy atom. The molecular weight excluding hydrogens is 266 g/mol. The van der Waals surface area contributed by atoms with Crippen LogP contribution in [-0.2, 0) is 10.0 Å². The van der Waals surface area contributed by atoms with E-state index in [1.165, 1.54) is 24.3 Å². The molecule has 1 rings (SSSR count). The zero-order chi connectivity index (χ0) is 14.5. The summed E-state index contributed by atoms with van der Waals surface area (Å²) in [4.78, 5) is 13.0. The number of carbonyl (C=O) groups excluding carboxylic acids is 1. The molecule has 0 aliphatic carbocycles. The van der Waals surface area contributed by atoms with E-state index in [2.05, 4.69) is 4.72 Å². The molecule has 6 nitrogen and oxygen atoms in total. The largest absolute Gasteiger partial charge is 0.366 e. The van der Waals surface area contributed by atoms with E-state index in [0.717, 1.165) is 13.0 Å². The number of carbonyl (C=O) groups is 1. The van der Waals surface area contributed by atoms with Crippen molar-refractivity contribution < 1.29 is 13.2 Å². The van der Waals surface area contributed by atoms with E-state index in [1.807, 2.05) is 19.0 Å². The highest BCUT2D eigenvalue weighted by Crippen LogP contribution is 2.10. The molecule has 7 heteroatoms. The Balaban J connectivity index is 2.64. The Morgan fingerprint density at radius 3 is 2.32 bits per heavy atom. The Morgan fingerprint density at radius 1 is 1.26 bits per heavy atom. The second kappa shape index (κ2) is 6.65. The van der Waals surface area contributed by atoms with E-state index in [0.29, 0.717) is 6.54 Å². The number of primary amides is 1. The first kappa shape index (κ1) is 15.6. The quantitative estimate of drug-likeness (QED) is 0.691. The zero-order valence-corrected chi connectivity index (χ0v) is 11.9. The SMILES string of the molecule is CN(C)CCCNS(=O)(=O)c1ccc(C(N)=O)cc1. The molecule has 0 unspecified atom stereocenters. The summed E-state index contributed by atoms with van der Waals surface area (Å²) in [5, 5.41) is 0. The van der Waals surface area contributed by atoms with Crippen molar-refractivity contribution in [2.24, 2.45) is 5.73 Å². The average Bonchev–Trinajstić information content (AvgIpc) is 2.34. The maximum absolute atomic E-state index is 11.9. The Hall–Kier alpha value is -1.44. The first-order valence-electron chi connectivity index (χ1n) is 5.87. The molecule has 0 aliphatic rings. The number of rotatable bonds is 7. The number of sulfonamides is 1. The second-order valence-electron chi connectivity index (χ2n) is 4.44. The van der Waals surface area contributed by atoms with Gasteiger partial charge in [0.1, 0.15) is 0 Å². The van der Waals surface area contributed by atoms with Crippen molar-refractivity contribution in [1.82, 2.24) is 9.62 Å². The fraction of sp³-hybridized carbons (Fsp3) is 0.417. The third-order valence-corrected chi connectivity index (χ3v) is 4.00. The highest BCUT2D eigenvalue weighted by molar-refractivity contribution is 7.89. The molecule has 0 bridgehead atoms. The molecule has 0 radical (unpaired) electrons. The van der Waals surface area contributed by atoms with Crippen LogP contribution in [0.25, 0.3) is 0 Å². The lowest BCUT2D eigenvalue weighted by molar-refractivity contribution is 0.1000. The van der Waals surface area contributed by atoms with Gasteiger partial charge in [-0.1, -0.05) is 0 Å². The van der Waals surface area contributed by atoms with Gasteiger partial charge in [-0.25, -0.2) is 13.1 Å². The van der Waals surface area contributed by atoms with E-state index < -0.39 is 15.9 Å². The average molecular weight is 285 g/mol. The van der Waals surface area contributed by atoms with Crippen molar-refractivity contribution >= 4 is 15.9 Å². The van der Waals surface area contributed by atoms with Gasteiger partial charge >= 0.3 is 0 Å². The maximum atomic E-state index is 11.9. The van der Waals surface area contributed by atoms with Crippen LogP contribution in [0.15, 0.2) is 29.2 Å². The van der Waals surface area contributed by atoms with Gasteiger partial charge in [-0.15, -0.1) is 0 Å². The number of nitrogens with one attached hydrogen (secondary N) is 1. The van der Waals surface area contributed by atoms with Crippen LogP contribution in [0.1, 0.15) is 16.8 Å². The summed E-state index contributed by atoms with van der Waals surface area (Å²) < 4.78 is 26.3. The number of amides is 1. The van der Waals surface area contributed by atoms with E-state index in [4.69, 9.17) is 5.73 Å². The normalized spacial score (nSPS) is 11.7. The van der Waals surface area contributed by atoms with Crippen molar-refractivity contribution in [2.75, 3.05) is 27.2 Å². The van der Waals surface area contributed by atoms with Gasteiger partial charge in [0.05, 0.1) is 4.90 Å². The third kappa shape index (κ3) is 4.98. The lowest BCUT2D eigenvalue weighted by Gasteiger charge is -2.10. The molecule has 0 heterocycles. The second-order valence-corrected chi connectivity index (χ2v) is 6.21. The van der Waals surface area contributed by atoms with Crippen LogP contribution < -0.4 is 10.5 Å². The van der Waals surface area contributed by atoms with E-state index >= 15 is 0 Å². The van der Waals surface area contributed by atoms with Crippen LogP contribution in [-0.4, -0.2) is 46.4 Å². The summed E-state index contributed by atoms with van der Waals surface area (Å²) >= 11 is 0. The molecule has 0 fully saturated rings. The van der Waals surface area contributed by atoms with Crippen LogP contribution in [0, 0.1) is 0 Å². The fourth-order valence-corrected chi connectivity index (χ4v) is 2.56. The summed E-state index contributed by atoms with van der Waals surface area (Å²) in [5.41, 5.74) is 5.37. The van der Waals surface area contributed by atoms with Crippen molar-refractivity contribution in [1.29, 1.82) is 0 Å². The molecule has 0 saturated carbocycles. The zero-order valence-electron chi connectivity index (χ0n) is 11.1. The first-order chi connectivity index (χ1) is 8.83. The van der Waals surface area contributed by atoms with Gasteiger partial charge in [0.2, 0.25) is 15.9 Å². The summed E-state index contributed by atoms with van der Waals surface area (Å²) in [7, 11) is 0.334. The number of benzene rings is 1. The number of nitrogens with zero attached hydrogens (tertiary/aromatic N) is 1. The maximum Gasteiger partial charge on any atom is 0.248 e. The van der Waals surface area contributed by atoms with Gasteiger partial charge in [-0.3, -0.25) is 4.79 Å². The fourth-order valence-electron chi connectivity index (χ4n) is 1.48. The van der Waals surface area contributed by atoms with E-state index in [1.54, 1.807) is 0 Å². The predicted octanol–water partition coefficient (Wildman–Crippen LogP) is 0.0155. The molecule has 0 aromatic heterocycles. The lowest BCUT2D eigenvalue weighted by atomic mass is 10.2. The topological polar surface area (TPSA) is 92.5 Å². The lowest BCUT2D eigenvalue weighted by Crippen LogP contribution is -2.27. The summed E-state index contributed by atoms with van der Waals surface area (Å²) in [6.45, 7) is 1.18. The summed E-state index contributed by atoms with van der Waals surface area (Å²) in [5.74, 6) is -0.581. The Labute approximate surface area is 113 Å². The monoisotopic (exact) mass is 285 g/mol. The minimum Gasteiger partial charge on any atom is -0.366 e.